The highest BCUT2D eigenvalue weighted by molar-refractivity contribution is 5.76. The van der Waals surface area contributed by atoms with Crippen molar-refractivity contribution in [2.75, 3.05) is 13.1 Å². The fourth-order valence-electron chi connectivity index (χ4n) is 1.11. The van der Waals surface area contributed by atoms with Gasteiger partial charge < -0.3 is 14.7 Å². The number of nitrogens with zero attached hydrogens (tertiary/aromatic N) is 1. The minimum atomic E-state index is -0.857. The van der Waals surface area contributed by atoms with Gasteiger partial charge in [0.2, 0.25) is 0 Å². The third-order valence-electron chi connectivity index (χ3n) is 1.88. The van der Waals surface area contributed by atoms with Crippen molar-refractivity contribution in [2.45, 2.75) is 40.2 Å². The second-order valence-electron chi connectivity index (χ2n) is 4.42. The van der Waals surface area contributed by atoms with E-state index in [9.17, 15) is 9.59 Å². The van der Waals surface area contributed by atoms with Gasteiger partial charge >= 0.3 is 12.1 Å². The molecule has 1 aliphatic rings. The normalized spacial score (nSPS) is 15.7. The molecule has 94 valence electrons. The Hall–Kier alpha value is -1.26. The van der Waals surface area contributed by atoms with E-state index < -0.39 is 23.6 Å². The van der Waals surface area contributed by atoms with Crippen LogP contribution in [0.1, 0.15) is 34.6 Å². The summed E-state index contributed by atoms with van der Waals surface area (Å²) >= 11 is 0. The first-order valence-corrected chi connectivity index (χ1v) is 5.50. The van der Waals surface area contributed by atoms with Gasteiger partial charge in [-0.2, -0.15) is 0 Å². The number of hydrogen-bond donors (Lipinski definition) is 1. The molecule has 1 rings (SSSR count). The van der Waals surface area contributed by atoms with Crippen LogP contribution in [0.4, 0.5) is 4.79 Å². The number of amides is 1. The lowest BCUT2D eigenvalue weighted by Gasteiger charge is -2.37. The zero-order valence-electron chi connectivity index (χ0n) is 10.6. The zero-order chi connectivity index (χ0) is 12.9. The van der Waals surface area contributed by atoms with E-state index in [1.807, 2.05) is 13.8 Å². The SMILES string of the molecule is CC.CC(C)(C)OC(=O)N1CC(C(=O)O)C1. The number of carboxylic acids is 1. The maximum absolute atomic E-state index is 11.3. The highest BCUT2D eigenvalue weighted by Crippen LogP contribution is 2.19. The van der Waals surface area contributed by atoms with Crippen LogP contribution in [0.15, 0.2) is 0 Å². The van der Waals surface area contributed by atoms with Gasteiger partial charge in [-0.25, -0.2) is 4.79 Å². The number of carboxylic acid groups (broad SMARTS) is 1. The van der Waals surface area contributed by atoms with Gasteiger partial charge in [-0.05, 0) is 20.8 Å². The van der Waals surface area contributed by atoms with E-state index in [-0.39, 0.29) is 13.1 Å². The Morgan fingerprint density at radius 1 is 1.25 bits per heavy atom. The van der Waals surface area contributed by atoms with Gasteiger partial charge in [0.1, 0.15) is 5.60 Å². The first-order chi connectivity index (χ1) is 7.29. The van der Waals surface area contributed by atoms with Crippen LogP contribution in [-0.2, 0) is 9.53 Å². The van der Waals surface area contributed by atoms with Gasteiger partial charge in [-0.15, -0.1) is 0 Å². The van der Waals surface area contributed by atoms with E-state index in [1.54, 1.807) is 20.8 Å². The molecule has 5 nitrogen and oxygen atoms in total. The van der Waals surface area contributed by atoms with Crippen LogP contribution < -0.4 is 0 Å². The lowest BCUT2D eigenvalue weighted by molar-refractivity contribution is -0.146. The molecule has 0 spiro atoms. The third kappa shape index (κ3) is 4.51. The van der Waals surface area contributed by atoms with Gasteiger partial charge in [0.25, 0.3) is 0 Å². The fraction of sp³-hybridized carbons (Fsp3) is 0.818. The van der Waals surface area contributed by atoms with Crippen molar-refractivity contribution in [2.24, 2.45) is 5.92 Å². The Labute approximate surface area is 96.4 Å². The van der Waals surface area contributed by atoms with Crippen LogP contribution in [0.3, 0.4) is 0 Å². The molecule has 0 aromatic carbocycles. The largest absolute Gasteiger partial charge is 0.481 e. The maximum atomic E-state index is 11.3. The number of carbonyl (C=O) groups is 2. The average Bonchev–Trinajstić information content (AvgIpc) is 2.00. The minimum absolute atomic E-state index is 0.254. The van der Waals surface area contributed by atoms with Crippen LogP contribution in [0.2, 0.25) is 0 Å². The summed E-state index contributed by atoms with van der Waals surface area (Å²) < 4.78 is 5.06. The first kappa shape index (κ1) is 14.7. The summed E-state index contributed by atoms with van der Waals surface area (Å²) in [5, 5.41) is 8.59. The van der Waals surface area contributed by atoms with E-state index in [0.29, 0.717) is 0 Å². The number of ether oxygens (including phenoxy) is 1. The Morgan fingerprint density at radius 2 is 1.69 bits per heavy atom. The number of likely N-dealkylation sites (tertiary alicyclic amines) is 1. The minimum Gasteiger partial charge on any atom is -0.481 e. The molecule has 0 saturated carbocycles. The summed E-state index contributed by atoms with van der Waals surface area (Å²) in [4.78, 5) is 23.2. The quantitative estimate of drug-likeness (QED) is 0.749. The van der Waals surface area contributed by atoms with Crippen molar-refractivity contribution in [1.82, 2.24) is 4.90 Å². The Kier molecular flexibility index (Phi) is 5.27. The van der Waals surface area contributed by atoms with E-state index >= 15 is 0 Å². The van der Waals surface area contributed by atoms with Gasteiger partial charge in [0, 0.05) is 13.1 Å². The van der Waals surface area contributed by atoms with Gasteiger partial charge in [-0.1, -0.05) is 13.8 Å². The van der Waals surface area contributed by atoms with Crippen molar-refractivity contribution in [1.29, 1.82) is 0 Å². The Morgan fingerprint density at radius 3 is 2.00 bits per heavy atom. The molecule has 0 bridgehead atoms. The molecular formula is C11H21NO4. The van der Waals surface area contributed by atoms with Crippen LogP contribution in [-0.4, -0.2) is 40.8 Å². The van der Waals surface area contributed by atoms with Crippen molar-refractivity contribution in [3.63, 3.8) is 0 Å². The van der Waals surface area contributed by atoms with Crippen molar-refractivity contribution >= 4 is 12.1 Å². The molecule has 0 aromatic rings. The van der Waals surface area contributed by atoms with Gasteiger partial charge in [-0.3, -0.25) is 4.79 Å². The molecule has 1 amide bonds. The van der Waals surface area contributed by atoms with Crippen LogP contribution >= 0.6 is 0 Å². The number of rotatable bonds is 1. The van der Waals surface area contributed by atoms with E-state index in [0.717, 1.165) is 0 Å². The zero-order valence-corrected chi connectivity index (χ0v) is 10.6. The molecule has 1 aliphatic heterocycles. The topological polar surface area (TPSA) is 66.8 Å². The highest BCUT2D eigenvalue weighted by Gasteiger charge is 2.37. The number of aliphatic carboxylic acids is 1. The second-order valence-corrected chi connectivity index (χ2v) is 4.42. The summed E-state index contributed by atoms with van der Waals surface area (Å²) in [6, 6.07) is 0. The summed E-state index contributed by atoms with van der Waals surface area (Å²) in [5.41, 5.74) is -0.522. The van der Waals surface area contributed by atoms with E-state index in [2.05, 4.69) is 0 Å². The molecule has 0 atom stereocenters. The van der Waals surface area contributed by atoms with Crippen molar-refractivity contribution < 1.29 is 19.4 Å². The predicted octanol–water partition coefficient (Wildman–Crippen LogP) is 1.96. The molecule has 1 N–H and O–H groups in total. The van der Waals surface area contributed by atoms with Crippen LogP contribution in [0.5, 0.6) is 0 Å². The molecule has 1 saturated heterocycles. The lowest BCUT2D eigenvalue weighted by atomic mass is 10.0. The standard InChI is InChI=1S/C9H15NO4.C2H6/c1-9(2,3)14-8(13)10-4-6(5-10)7(11)12;1-2/h6H,4-5H2,1-3H3,(H,11,12);1-2H3. The molecule has 0 aromatic heterocycles. The molecule has 16 heavy (non-hydrogen) atoms. The van der Waals surface area contributed by atoms with E-state index in [4.69, 9.17) is 9.84 Å². The Balaban J connectivity index is 0.00000106. The summed E-state index contributed by atoms with van der Waals surface area (Å²) in [7, 11) is 0. The predicted molar refractivity (Wildman–Crippen MR) is 60.3 cm³/mol. The molecule has 1 fully saturated rings. The molecule has 1 heterocycles. The third-order valence-corrected chi connectivity index (χ3v) is 1.88. The fourth-order valence-corrected chi connectivity index (χ4v) is 1.11. The van der Waals surface area contributed by atoms with Crippen LogP contribution in [0, 0.1) is 5.92 Å². The molecule has 0 unspecified atom stereocenters. The van der Waals surface area contributed by atoms with Gasteiger partial charge in [0.05, 0.1) is 5.92 Å². The maximum Gasteiger partial charge on any atom is 0.410 e. The molecule has 0 radical (unpaired) electrons. The van der Waals surface area contributed by atoms with E-state index in [1.165, 1.54) is 4.90 Å². The average molecular weight is 231 g/mol. The lowest BCUT2D eigenvalue weighted by Crippen LogP contribution is -2.54. The van der Waals surface area contributed by atoms with Crippen LogP contribution in [0.25, 0.3) is 0 Å². The summed E-state index contributed by atoms with van der Waals surface area (Å²) in [6.45, 7) is 9.84. The second kappa shape index (κ2) is 5.72. The summed E-state index contributed by atoms with van der Waals surface area (Å²) in [6.07, 6.45) is -0.435. The Bertz CT molecular complexity index is 251. The molecule has 0 aliphatic carbocycles. The first-order valence-electron chi connectivity index (χ1n) is 5.50. The van der Waals surface area contributed by atoms with Crippen molar-refractivity contribution in [3.05, 3.63) is 0 Å². The summed E-state index contributed by atoms with van der Waals surface area (Å²) in [5.74, 6) is -1.28. The van der Waals surface area contributed by atoms with Crippen molar-refractivity contribution in [3.8, 4) is 0 Å². The molecule has 5 heteroatoms. The highest BCUT2D eigenvalue weighted by atomic mass is 16.6. The number of carbonyl (C=O) groups excluding carboxylic acids is 1. The number of hydrogen-bond acceptors (Lipinski definition) is 3. The molecular weight excluding hydrogens is 210 g/mol. The smallest absolute Gasteiger partial charge is 0.410 e. The van der Waals surface area contributed by atoms with Gasteiger partial charge in [0.15, 0.2) is 0 Å². The monoisotopic (exact) mass is 231 g/mol.